The van der Waals surface area contributed by atoms with Crippen molar-refractivity contribution in [3.63, 3.8) is 0 Å². The van der Waals surface area contributed by atoms with Crippen LogP contribution in [0.3, 0.4) is 0 Å². The van der Waals surface area contributed by atoms with Crippen molar-refractivity contribution in [2.45, 2.75) is 19.8 Å². The van der Waals surface area contributed by atoms with Gasteiger partial charge in [-0.25, -0.2) is 0 Å². The molecule has 0 radical (unpaired) electrons. The van der Waals surface area contributed by atoms with E-state index in [4.69, 9.17) is 21.1 Å². The summed E-state index contributed by atoms with van der Waals surface area (Å²) in [7, 11) is 2.97. The molecule has 1 aromatic rings. The third-order valence-corrected chi connectivity index (χ3v) is 3.75. The van der Waals surface area contributed by atoms with E-state index in [1.54, 1.807) is 31.1 Å². The Bertz CT molecular complexity index is 504. The summed E-state index contributed by atoms with van der Waals surface area (Å²) >= 11 is 5.85. The molecule has 1 aromatic carbocycles. The third kappa shape index (κ3) is 7.01. The Morgan fingerprint density at radius 2 is 1.87 bits per heavy atom. The van der Waals surface area contributed by atoms with Gasteiger partial charge in [0, 0.05) is 31.8 Å². The molecule has 1 atom stereocenters. The zero-order valence-corrected chi connectivity index (χ0v) is 14.6. The molecular weight excluding hydrogens is 318 g/mol. The second-order valence-electron chi connectivity index (χ2n) is 5.41. The van der Waals surface area contributed by atoms with Gasteiger partial charge >= 0.3 is 5.97 Å². The van der Waals surface area contributed by atoms with Crippen molar-refractivity contribution < 1.29 is 19.1 Å². The molecule has 0 aliphatic carbocycles. The molecule has 128 valence electrons. The number of hydrogen-bond acceptors (Lipinski definition) is 4. The fourth-order valence-electron chi connectivity index (χ4n) is 2.21. The van der Waals surface area contributed by atoms with E-state index >= 15 is 0 Å². The molecule has 23 heavy (non-hydrogen) atoms. The lowest BCUT2D eigenvalue weighted by atomic mass is 10.1. The SMILES string of the molecule is COCCCN(CC(C)C(=O)OC)C(=O)Cc1ccc(Cl)cc1. The average Bonchev–Trinajstić information content (AvgIpc) is 2.55. The highest BCUT2D eigenvalue weighted by Crippen LogP contribution is 2.12. The summed E-state index contributed by atoms with van der Waals surface area (Å²) in [6.07, 6.45) is 0.995. The van der Waals surface area contributed by atoms with Crippen molar-refractivity contribution in [3.8, 4) is 0 Å². The molecule has 1 amide bonds. The Balaban J connectivity index is 2.70. The van der Waals surface area contributed by atoms with Crippen molar-refractivity contribution in [2.75, 3.05) is 33.9 Å². The number of carbonyl (C=O) groups excluding carboxylic acids is 2. The first kappa shape index (κ1) is 19.5. The average molecular weight is 342 g/mol. The molecular formula is C17H24ClNO4. The lowest BCUT2D eigenvalue weighted by Gasteiger charge is -2.25. The highest BCUT2D eigenvalue weighted by Gasteiger charge is 2.21. The molecule has 0 aromatic heterocycles. The second kappa shape index (κ2) is 10.2. The number of ether oxygens (including phenoxy) is 2. The Kier molecular flexibility index (Phi) is 8.66. The van der Waals surface area contributed by atoms with Gasteiger partial charge in [0.15, 0.2) is 0 Å². The van der Waals surface area contributed by atoms with Crippen molar-refractivity contribution >= 4 is 23.5 Å². The summed E-state index contributed by atoms with van der Waals surface area (Å²) in [4.78, 5) is 25.8. The van der Waals surface area contributed by atoms with Gasteiger partial charge in [-0.1, -0.05) is 30.7 Å². The minimum atomic E-state index is -0.364. The van der Waals surface area contributed by atoms with Crippen LogP contribution in [0, 0.1) is 5.92 Å². The molecule has 0 N–H and O–H groups in total. The van der Waals surface area contributed by atoms with Crippen LogP contribution < -0.4 is 0 Å². The zero-order valence-electron chi connectivity index (χ0n) is 13.9. The molecule has 0 saturated carbocycles. The maximum atomic E-state index is 12.5. The molecule has 0 aliphatic heterocycles. The molecule has 1 unspecified atom stereocenters. The van der Waals surface area contributed by atoms with Crippen LogP contribution in [-0.4, -0.2) is 50.7 Å². The van der Waals surface area contributed by atoms with Gasteiger partial charge in [0.2, 0.25) is 5.91 Å². The molecule has 5 nitrogen and oxygen atoms in total. The van der Waals surface area contributed by atoms with Crippen molar-refractivity contribution in [1.82, 2.24) is 4.90 Å². The van der Waals surface area contributed by atoms with Crippen LogP contribution in [0.1, 0.15) is 18.9 Å². The third-order valence-electron chi connectivity index (χ3n) is 3.50. The van der Waals surface area contributed by atoms with Crippen LogP contribution in [-0.2, 0) is 25.5 Å². The number of halogens is 1. The van der Waals surface area contributed by atoms with Crippen LogP contribution in [0.25, 0.3) is 0 Å². The van der Waals surface area contributed by atoms with Gasteiger partial charge in [0.1, 0.15) is 0 Å². The van der Waals surface area contributed by atoms with Crippen molar-refractivity contribution in [2.24, 2.45) is 5.92 Å². The normalized spacial score (nSPS) is 11.8. The summed E-state index contributed by atoms with van der Waals surface area (Å²) < 4.78 is 9.77. The van der Waals surface area contributed by atoms with E-state index in [0.717, 1.165) is 12.0 Å². The standard InChI is InChI=1S/C17H24ClNO4/c1-13(17(21)23-3)12-19(9-4-10-22-2)16(20)11-14-5-7-15(18)8-6-14/h5-8,13H,4,9-12H2,1-3H3. The highest BCUT2D eigenvalue weighted by atomic mass is 35.5. The molecule has 0 saturated heterocycles. The molecule has 0 aliphatic rings. The molecule has 0 heterocycles. The second-order valence-corrected chi connectivity index (χ2v) is 5.85. The van der Waals surface area contributed by atoms with Gasteiger partial charge in [-0.3, -0.25) is 9.59 Å². The van der Waals surface area contributed by atoms with E-state index in [2.05, 4.69) is 0 Å². The number of nitrogens with zero attached hydrogens (tertiary/aromatic N) is 1. The van der Waals surface area contributed by atoms with E-state index in [0.29, 0.717) is 24.7 Å². The number of benzene rings is 1. The number of amides is 1. The van der Waals surface area contributed by atoms with Gasteiger partial charge in [-0.2, -0.15) is 0 Å². The summed E-state index contributed by atoms with van der Waals surface area (Å²) in [5, 5.41) is 0.637. The van der Waals surface area contributed by atoms with Crippen LogP contribution in [0.2, 0.25) is 5.02 Å². The number of carbonyl (C=O) groups is 2. The van der Waals surface area contributed by atoms with E-state index in [1.165, 1.54) is 7.11 Å². The summed E-state index contributed by atoms with van der Waals surface area (Å²) in [6.45, 7) is 3.20. The molecule has 1 rings (SSSR count). The number of rotatable bonds is 9. The van der Waals surface area contributed by atoms with E-state index in [-0.39, 0.29) is 24.2 Å². The van der Waals surface area contributed by atoms with Crippen molar-refractivity contribution in [1.29, 1.82) is 0 Å². The Hall–Kier alpha value is -1.59. The van der Waals surface area contributed by atoms with E-state index < -0.39 is 0 Å². The van der Waals surface area contributed by atoms with Gasteiger partial charge in [-0.05, 0) is 24.1 Å². The maximum Gasteiger partial charge on any atom is 0.310 e. The molecule has 6 heteroatoms. The first-order valence-electron chi connectivity index (χ1n) is 7.57. The molecule has 0 bridgehead atoms. The van der Waals surface area contributed by atoms with Gasteiger partial charge < -0.3 is 14.4 Å². The Morgan fingerprint density at radius 3 is 2.43 bits per heavy atom. The number of hydrogen-bond donors (Lipinski definition) is 0. The number of esters is 1. The van der Waals surface area contributed by atoms with Crippen molar-refractivity contribution in [3.05, 3.63) is 34.9 Å². The lowest BCUT2D eigenvalue weighted by Crippen LogP contribution is -2.39. The summed E-state index contributed by atoms with van der Waals surface area (Å²) in [5.41, 5.74) is 0.891. The van der Waals surface area contributed by atoms with E-state index in [1.807, 2.05) is 12.1 Å². The largest absolute Gasteiger partial charge is 0.469 e. The van der Waals surface area contributed by atoms with Crippen LogP contribution in [0.15, 0.2) is 24.3 Å². The van der Waals surface area contributed by atoms with Gasteiger partial charge in [0.25, 0.3) is 0 Å². The van der Waals surface area contributed by atoms with Crippen LogP contribution in [0.4, 0.5) is 0 Å². The maximum absolute atomic E-state index is 12.5. The summed E-state index contributed by atoms with van der Waals surface area (Å²) in [5.74, 6) is -0.711. The van der Waals surface area contributed by atoms with Gasteiger partial charge in [0.05, 0.1) is 19.4 Å². The Labute approximate surface area is 142 Å². The van der Waals surface area contributed by atoms with Crippen LogP contribution >= 0.6 is 11.6 Å². The van der Waals surface area contributed by atoms with Crippen LogP contribution in [0.5, 0.6) is 0 Å². The number of methoxy groups -OCH3 is 2. The predicted molar refractivity (Wildman–Crippen MR) is 89.4 cm³/mol. The monoisotopic (exact) mass is 341 g/mol. The minimum Gasteiger partial charge on any atom is -0.469 e. The topological polar surface area (TPSA) is 55.8 Å². The fourth-order valence-corrected chi connectivity index (χ4v) is 2.34. The Morgan fingerprint density at radius 1 is 1.22 bits per heavy atom. The molecule has 0 fully saturated rings. The fraction of sp³-hybridized carbons (Fsp3) is 0.529. The minimum absolute atomic E-state index is 0.0285. The molecule has 0 spiro atoms. The lowest BCUT2D eigenvalue weighted by molar-refractivity contribution is -0.146. The summed E-state index contributed by atoms with van der Waals surface area (Å²) in [6, 6.07) is 7.18. The quantitative estimate of drug-likeness (QED) is 0.511. The van der Waals surface area contributed by atoms with E-state index in [9.17, 15) is 9.59 Å². The first-order chi connectivity index (χ1) is 11.0. The predicted octanol–water partition coefficient (Wildman–Crippen LogP) is 2.56. The first-order valence-corrected chi connectivity index (χ1v) is 7.94. The highest BCUT2D eigenvalue weighted by molar-refractivity contribution is 6.30. The smallest absolute Gasteiger partial charge is 0.310 e. The zero-order chi connectivity index (χ0) is 17.2. The van der Waals surface area contributed by atoms with Gasteiger partial charge in [-0.15, -0.1) is 0 Å².